The summed E-state index contributed by atoms with van der Waals surface area (Å²) in [5, 5.41) is 16.9. The van der Waals surface area contributed by atoms with E-state index in [0.717, 1.165) is 23.3 Å². The Kier molecular flexibility index (Phi) is 7.37. The molecule has 1 aliphatic heterocycles. The van der Waals surface area contributed by atoms with E-state index in [1.54, 1.807) is 29.6 Å². The van der Waals surface area contributed by atoms with Gasteiger partial charge in [-0.25, -0.2) is 9.78 Å². The number of thiazole rings is 1. The number of hydrogen-bond acceptors (Lipinski definition) is 8. The Labute approximate surface area is 204 Å². The van der Waals surface area contributed by atoms with Crippen LogP contribution in [0, 0.1) is 0 Å². The Morgan fingerprint density at radius 3 is 2.59 bits per heavy atom. The summed E-state index contributed by atoms with van der Waals surface area (Å²) in [6, 6.07) is 6.47. The molecule has 12 heteroatoms. The maximum atomic E-state index is 12.8. The molecule has 1 saturated carbocycles. The van der Waals surface area contributed by atoms with E-state index in [9.17, 15) is 24.3 Å². The van der Waals surface area contributed by atoms with E-state index in [-0.39, 0.29) is 30.5 Å². The second-order valence-corrected chi connectivity index (χ2v) is 10.0. The number of carboxylic acid groups (broad SMARTS) is 1. The van der Waals surface area contributed by atoms with Gasteiger partial charge in [-0.1, -0.05) is 12.1 Å². The zero-order chi connectivity index (χ0) is 24.2. The van der Waals surface area contributed by atoms with E-state index >= 15 is 0 Å². The molecule has 1 saturated heterocycles. The second kappa shape index (κ2) is 10.4. The monoisotopic (exact) mass is 504 g/mol. The molecule has 2 fully saturated rings. The lowest BCUT2D eigenvalue weighted by Gasteiger charge is -2.25. The fraction of sp³-hybridized carbons (Fsp3) is 0.409. The number of nitrogens with zero attached hydrogens (tertiary/aromatic N) is 2. The number of carbonyl (C=O) groups excluding carboxylic acids is 3. The number of hydrogen-bond donors (Lipinski definition) is 3. The normalized spacial score (nSPS) is 19.5. The van der Waals surface area contributed by atoms with Gasteiger partial charge in [0.1, 0.15) is 6.04 Å². The smallest absolute Gasteiger partial charge is 0.408 e. The van der Waals surface area contributed by atoms with Crippen LogP contribution < -0.4 is 10.6 Å². The summed E-state index contributed by atoms with van der Waals surface area (Å²) in [6.07, 6.45) is 1.17. The van der Waals surface area contributed by atoms with Gasteiger partial charge in [-0.15, -0.1) is 23.1 Å². The minimum Gasteiger partial charge on any atom is -0.469 e. The van der Waals surface area contributed by atoms with E-state index < -0.39 is 29.4 Å². The summed E-state index contributed by atoms with van der Waals surface area (Å²) in [5.41, 5.74) is 2.01. The van der Waals surface area contributed by atoms with Gasteiger partial charge in [0.15, 0.2) is 5.13 Å². The number of thioether (sulfide) groups is 1. The van der Waals surface area contributed by atoms with Crippen LogP contribution in [0.3, 0.4) is 0 Å². The molecule has 1 aliphatic carbocycles. The first-order valence-corrected chi connectivity index (χ1v) is 12.7. The highest BCUT2D eigenvalue weighted by Gasteiger charge is 2.42. The maximum Gasteiger partial charge on any atom is 0.408 e. The molecule has 0 spiro atoms. The number of aromatic nitrogens is 1. The van der Waals surface area contributed by atoms with Crippen LogP contribution in [0.2, 0.25) is 0 Å². The fourth-order valence-corrected chi connectivity index (χ4v) is 5.65. The fourth-order valence-electron chi connectivity index (χ4n) is 3.53. The van der Waals surface area contributed by atoms with Crippen LogP contribution in [-0.2, 0) is 14.3 Å². The maximum absolute atomic E-state index is 12.8. The van der Waals surface area contributed by atoms with Crippen molar-refractivity contribution in [3.63, 3.8) is 0 Å². The standard InChI is InChI=1S/C22H24N4O6S2/c1-32-18(27)9-8-17-26(22(30)31)16(11-33-17)20(29)25-21-24-15(10-34-21)12-2-4-13(5-3-12)19(28)23-14-6-7-14/h2-5,10,14,16-17H,6-9,11H2,1H3,(H,23,28)(H,30,31)(H,24,25,29). The number of benzene rings is 1. The summed E-state index contributed by atoms with van der Waals surface area (Å²) in [7, 11) is 1.28. The third-order valence-electron chi connectivity index (χ3n) is 5.53. The number of methoxy groups -OCH3 is 1. The second-order valence-electron chi connectivity index (χ2n) is 7.96. The number of rotatable bonds is 8. The van der Waals surface area contributed by atoms with Crippen LogP contribution in [-0.4, -0.2) is 69.2 Å². The van der Waals surface area contributed by atoms with E-state index in [4.69, 9.17) is 0 Å². The average Bonchev–Trinajstić information content (AvgIpc) is 3.34. The summed E-state index contributed by atoms with van der Waals surface area (Å²) < 4.78 is 4.61. The van der Waals surface area contributed by atoms with Gasteiger partial charge in [-0.05, 0) is 31.4 Å². The first-order valence-electron chi connectivity index (χ1n) is 10.7. The summed E-state index contributed by atoms with van der Waals surface area (Å²) in [6.45, 7) is 0. The third kappa shape index (κ3) is 5.68. The van der Waals surface area contributed by atoms with Crippen molar-refractivity contribution in [2.45, 2.75) is 43.1 Å². The molecule has 1 aromatic heterocycles. The molecule has 2 aliphatic rings. The zero-order valence-corrected chi connectivity index (χ0v) is 20.0. The van der Waals surface area contributed by atoms with Gasteiger partial charge in [0.05, 0.1) is 18.2 Å². The average molecular weight is 505 g/mol. The van der Waals surface area contributed by atoms with Crippen molar-refractivity contribution in [2.24, 2.45) is 0 Å². The van der Waals surface area contributed by atoms with Gasteiger partial charge in [0, 0.05) is 34.7 Å². The first-order chi connectivity index (χ1) is 16.4. The quantitative estimate of drug-likeness (QED) is 0.467. The van der Waals surface area contributed by atoms with E-state index in [0.29, 0.717) is 16.4 Å². The highest BCUT2D eigenvalue weighted by Crippen LogP contribution is 2.33. The summed E-state index contributed by atoms with van der Waals surface area (Å²) in [5.74, 6) is -0.705. The topological polar surface area (TPSA) is 138 Å². The molecule has 2 unspecified atom stereocenters. The molecule has 34 heavy (non-hydrogen) atoms. The van der Waals surface area contributed by atoms with Crippen molar-refractivity contribution < 1.29 is 29.0 Å². The minimum atomic E-state index is -1.22. The lowest BCUT2D eigenvalue weighted by Crippen LogP contribution is -2.47. The van der Waals surface area contributed by atoms with Crippen LogP contribution in [0.4, 0.5) is 9.93 Å². The minimum absolute atomic E-state index is 0.0726. The predicted octanol–water partition coefficient (Wildman–Crippen LogP) is 3.02. The largest absolute Gasteiger partial charge is 0.469 e. The Morgan fingerprint density at radius 1 is 1.21 bits per heavy atom. The number of ether oxygens (including phenoxy) is 1. The Morgan fingerprint density at radius 2 is 1.94 bits per heavy atom. The molecule has 180 valence electrons. The molecule has 3 N–H and O–H groups in total. The third-order valence-corrected chi connectivity index (χ3v) is 7.64. The molecular weight excluding hydrogens is 480 g/mol. The van der Waals surface area contributed by atoms with Crippen molar-refractivity contribution in [1.82, 2.24) is 15.2 Å². The van der Waals surface area contributed by atoms with Crippen LogP contribution in [0.15, 0.2) is 29.6 Å². The SMILES string of the molecule is COC(=O)CCC1SCC(C(=O)Nc2nc(-c3ccc(C(=O)NC4CC4)cc3)cs2)N1C(=O)O. The Balaban J connectivity index is 1.37. The van der Waals surface area contributed by atoms with E-state index in [1.165, 1.54) is 30.2 Å². The van der Waals surface area contributed by atoms with E-state index in [1.807, 2.05) is 0 Å². The van der Waals surface area contributed by atoms with Gasteiger partial charge in [0.25, 0.3) is 5.91 Å². The number of carbonyl (C=O) groups is 4. The summed E-state index contributed by atoms with van der Waals surface area (Å²) in [4.78, 5) is 53.7. The van der Waals surface area contributed by atoms with Gasteiger partial charge in [-0.2, -0.15) is 0 Å². The van der Waals surface area contributed by atoms with Crippen LogP contribution in [0.25, 0.3) is 11.3 Å². The van der Waals surface area contributed by atoms with E-state index in [2.05, 4.69) is 20.4 Å². The Hall–Kier alpha value is -3.12. The molecule has 3 amide bonds. The number of esters is 1. The molecular formula is C22H24N4O6S2. The lowest BCUT2D eigenvalue weighted by molar-refractivity contribution is -0.140. The highest BCUT2D eigenvalue weighted by molar-refractivity contribution is 8.00. The Bertz CT molecular complexity index is 1090. The highest BCUT2D eigenvalue weighted by atomic mass is 32.2. The van der Waals surface area contributed by atoms with Crippen molar-refractivity contribution in [1.29, 1.82) is 0 Å². The van der Waals surface area contributed by atoms with Gasteiger partial charge in [-0.3, -0.25) is 19.3 Å². The van der Waals surface area contributed by atoms with Crippen molar-refractivity contribution >= 4 is 52.1 Å². The molecule has 10 nitrogen and oxygen atoms in total. The molecule has 2 atom stereocenters. The number of nitrogens with one attached hydrogen (secondary N) is 2. The predicted molar refractivity (Wildman–Crippen MR) is 128 cm³/mol. The first kappa shape index (κ1) is 24.0. The van der Waals surface area contributed by atoms with Crippen LogP contribution in [0.1, 0.15) is 36.0 Å². The van der Waals surface area contributed by atoms with Gasteiger partial charge in [0.2, 0.25) is 5.91 Å². The van der Waals surface area contributed by atoms with Crippen molar-refractivity contribution in [2.75, 3.05) is 18.2 Å². The lowest BCUT2D eigenvalue weighted by atomic mass is 10.1. The summed E-state index contributed by atoms with van der Waals surface area (Å²) >= 11 is 2.55. The van der Waals surface area contributed by atoms with Crippen molar-refractivity contribution in [3.05, 3.63) is 35.2 Å². The van der Waals surface area contributed by atoms with Gasteiger partial charge >= 0.3 is 12.1 Å². The number of anilines is 1. The van der Waals surface area contributed by atoms with Crippen LogP contribution in [0.5, 0.6) is 0 Å². The number of amides is 3. The van der Waals surface area contributed by atoms with Gasteiger partial charge < -0.3 is 20.5 Å². The zero-order valence-electron chi connectivity index (χ0n) is 18.4. The molecule has 2 heterocycles. The van der Waals surface area contributed by atoms with Crippen LogP contribution >= 0.6 is 23.1 Å². The molecule has 0 radical (unpaired) electrons. The molecule has 1 aromatic carbocycles. The van der Waals surface area contributed by atoms with Crippen molar-refractivity contribution in [3.8, 4) is 11.3 Å². The molecule has 0 bridgehead atoms. The molecule has 4 rings (SSSR count). The molecule has 2 aromatic rings.